The number of rotatable bonds is 7. The number of carboxylic acid groups (broad SMARTS) is 2. The molecule has 1 aromatic carbocycles. The maximum absolute atomic E-state index is 10.2. The van der Waals surface area contributed by atoms with Gasteiger partial charge in [0.05, 0.1) is 7.11 Å². The normalized spacial score (nSPS) is 10.7. The smallest absolute Gasteiger partial charge is 0.328 e. The first-order valence-corrected chi connectivity index (χ1v) is 7.39. The van der Waals surface area contributed by atoms with Crippen molar-refractivity contribution in [3.8, 4) is 11.5 Å². The summed E-state index contributed by atoms with van der Waals surface area (Å²) in [6.45, 7) is 1.40. The predicted molar refractivity (Wildman–Crippen MR) is 93.9 cm³/mol. The molecule has 0 spiro atoms. The van der Waals surface area contributed by atoms with E-state index in [0.717, 1.165) is 16.9 Å². The minimum atomic E-state index is -1.26. The second-order valence-electron chi connectivity index (χ2n) is 5.78. The highest BCUT2D eigenvalue weighted by Gasteiger charge is 2.11. The number of ether oxygens (including phenoxy) is 1. The second-order valence-corrected chi connectivity index (χ2v) is 5.78. The minimum absolute atomic E-state index is 0.369. The zero-order valence-corrected chi connectivity index (χ0v) is 15.2. The van der Waals surface area contributed by atoms with Gasteiger partial charge in [-0.1, -0.05) is 0 Å². The van der Waals surface area contributed by atoms with E-state index in [1.165, 1.54) is 0 Å². The molecule has 0 saturated carbocycles. The number of carbonyl (C=O) groups is 2. The van der Waals surface area contributed by atoms with Crippen LogP contribution < -0.4 is 4.74 Å². The highest BCUT2D eigenvalue weighted by atomic mass is 16.5. The molecule has 1 aromatic rings. The van der Waals surface area contributed by atoms with Crippen LogP contribution in [0.3, 0.4) is 0 Å². The second kappa shape index (κ2) is 11.1. The third-order valence-corrected chi connectivity index (χ3v) is 2.82. The molecule has 0 unspecified atom stereocenters. The van der Waals surface area contributed by atoms with Crippen LogP contribution >= 0.6 is 0 Å². The van der Waals surface area contributed by atoms with Crippen LogP contribution in [0.25, 0.3) is 0 Å². The summed E-state index contributed by atoms with van der Waals surface area (Å²) in [5, 5.41) is 25.8. The third-order valence-electron chi connectivity index (χ3n) is 2.82. The Morgan fingerprint density at radius 3 is 1.56 bits per heavy atom. The van der Waals surface area contributed by atoms with E-state index < -0.39 is 11.9 Å². The van der Waals surface area contributed by atoms with Crippen LogP contribution in [0.5, 0.6) is 11.5 Å². The van der Waals surface area contributed by atoms with Gasteiger partial charge in [-0.2, -0.15) is 0 Å². The standard InChI is InChI=1S/C13H22N2O2.C4H4O4/c1-14(2)8-10-6-12(17-5)7-11(13(10)16)9-15(3)4;5-3(6)1-2-4(7)8/h6-7,16H,8-9H2,1-5H3;1-2H,(H,5,6)(H,7,8)/b;2-1-. The summed E-state index contributed by atoms with van der Waals surface area (Å²) in [5.74, 6) is -1.36. The summed E-state index contributed by atoms with van der Waals surface area (Å²) in [6, 6.07) is 3.77. The molecule has 0 aliphatic heterocycles. The van der Waals surface area contributed by atoms with E-state index in [4.69, 9.17) is 14.9 Å². The van der Waals surface area contributed by atoms with Crippen LogP contribution in [0.15, 0.2) is 24.3 Å². The summed E-state index contributed by atoms with van der Waals surface area (Å²) in [5.41, 5.74) is 1.79. The molecular formula is C17H26N2O6. The lowest BCUT2D eigenvalue weighted by Gasteiger charge is -2.17. The first kappa shape index (κ1) is 22.4. The Morgan fingerprint density at radius 1 is 0.960 bits per heavy atom. The maximum Gasteiger partial charge on any atom is 0.328 e. The number of benzene rings is 1. The molecule has 1 rings (SSSR count). The Morgan fingerprint density at radius 2 is 1.32 bits per heavy atom. The van der Waals surface area contributed by atoms with E-state index in [1.807, 2.05) is 50.1 Å². The molecule has 0 bridgehead atoms. The molecule has 140 valence electrons. The molecule has 8 nitrogen and oxygen atoms in total. The Labute approximate surface area is 147 Å². The Hall–Kier alpha value is -2.58. The number of hydrogen-bond acceptors (Lipinski definition) is 6. The molecule has 0 saturated heterocycles. The topological polar surface area (TPSA) is 111 Å². The molecule has 0 aliphatic carbocycles. The van der Waals surface area contributed by atoms with Gasteiger partial charge in [0.2, 0.25) is 0 Å². The minimum Gasteiger partial charge on any atom is -0.507 e. The van der Waals surface area contributed by atoms with Gasteiger partial charge < -0.3 is 29.9 Å². The maximum atomic E-state index is 10.2. The Bertz CT molecular complexity index is 564. The SMILES string of the molecule is COc1cc(CN(C)C)c(O)c(CN(C)C)c1.O=C(O)/C=C\C(=O)O. The van der Waals surface area contributed by atoms with Crippen LogP contribution in [0, 0.1) is 0 Å². The van der Waals surface area contributed by atoms with Gasteiger partial charge in [-0.25, -0.2) is 9.59 Å². The van der Waals surface area contributed by atoms with E-state index in [0.29, 0.717) is 31.0 Å². The van der Waals surface area contributed by atoms with E-state index in [-0.39, 0.29) is 0 Å². The van der Waals surface area contributed by atoms with Crippen LogP contribution in [-0.4, -0.2) is 72.4 Å². The van der Waals surface area contributed by atoms with E-state index >= 15 is 0 Å². The van der Waals surface area contributed by atoms with Crippen molar-refractivity contribution in [2.45, 2.75) is 13.1 Å². The van der Waals surface area contributed by atoms with Gasteiger partial charge in [-0.05, 0) is 40.3 Å². The van der Waals surface area contributed by atoms with Crippen molar-refractivity contribution in [3.63, 3.8) is 0 Å². The summed E-state index contributed by atoms with van der Waals surface area (Å²) in [7, 11) is 9.55. The molecule has 0 fully saturated rings. The molecule has 0 atom stereocenters. The van der Waals surface area contributed by atoms with Gasteiger partial charge in [0.15, 0.2) is 0 Å². The number of carboxylic acids is 2. The van der Waals surface area contributed by atoms with Crippen molar-refractivity contribution in [1.82, 2.24) is 9.80 Å². The van der Waals surface area contributed by atoms with Crippen molar-refractivity contribution in [3.05, 3.63) is 35.4 Å². The average Bonchev–Trinajstić information content (AvgIpc) is 2.48. The lowest BCUT2D eigenvalue weighted by atomic mass is 10.1. The highest BCUT2D eigenvalue weighted by Crippen LogP contribution is 2.29. The Kier molecular flexibility index (Phi) is 9.92. The number of aliphatic carboxylic acids is 2. The fourth-order valence-corrected chi connectivity index (χ4v) is 1.91. The summed E-state index contributed by atoms with van der Waals surface area (Å²) in [4.78, 5) is 23.2. The van der Waals surface area contributed by atoms with Gasteiger partial charge in [-0.15, -0.1) is 0 Å². The molecule has 8 heteroatoms. The molecule has 0 radical (unpaired) electrons. The largest absolute Gasteiger partial charge is 0.507 e. The molecule has 0 amide bonds. The summed E-state index contributed by atoms with van der Waals surface area (Å²) >= 11 is 0. The van der Waals surface area contributed by atoms with E-state index in [1.54, 1.807) is 7.11 Å². The predicted octanol–water partition coefficient (Wildman–Crippen LogP) is 1.24. The number of aromatic hydroxyl groups is 1. The summed E-state index contributed by atoms with van der Waals surface area (Å²) < 4.78 is 5.27. The fourth-order valence-electron chi connectivity index (χ4n) is 1.91. The zero-order chi connectivity index (χ0) is 19.6. The van der Waals surface area contributed by atoms with Crippen molar-refractivity contribution >= 4 is 11.9 Å². The van der Waals surface area contributed by atoms with Gasteiger partial charge in [0.1, 0.15) is 11.5 Å². The highest BCUT2D eigenvalue weighted by molar-refractivity contribution is 5.89. The fraction of sp³-hybridized carbons (Fsp3) is 0.412. The lowest BCUT2D eigenvalue weighted by molar-refractivity contribution is -0.134. The van der Waals surface area contributed by atoms with Gasteiger partial charge in [0, 0.05) is 36.4 Å². The molecule has 0 aromatic heterocycles. The zero-order valence-electron chi connectivity index (χ0n) is 15.2. The van der Waals surface area contributed by atoms with Gasteiger partial charge in [0.25, 0.3) is 0 Å². The van der Waals surface area contributed by atoms with E-state index in [2.05, 4.69) is 0 Å². The first-order valence-electron chi connectivity index (χ1n) is 7.39. The van der Waals surface area contributed by atoms with E-state index in [9.17, 15) is 14.7 Å². The van der Waals surface area contributed by atoms with Crippen molar-refractivity contribution in [2.75, 3.05) is 35.3 Å². The quantitative estimate of drug-likeness (QED) is 0.627. The monoisotopic (exact) mass is 354 g/mol. The van der Waals surface area contributed by atoms with Gasteiger partial charge in [-0.3, -0.25) is 0 Å². The van der Waals surface area contributed by atoms with Crippen molar-refractivity contribution < 1.29 is 29.6 Å². The average molecular weight is 354 g/mol. The molecule has 0 aliphatic rings. The Balaban J connectivity index is 0.000000609. The number of phenols is 1. The third kappa shape index (κ3) is 10.0. The van der Waals surface area contributed by atoms with Gasteiger partial charge >= 0.3 is 11.9 Å². The number of hydrogen-bond donors (Lipinski definition) is 3. The number of nitrogens with zero attached hydrogens (tertiary/aromatic N) is 2. The summed E-state index contributed by atoms with van der Waals surface area (Å²) in [6.07, 6.45) is 1.12. The molecular weight excluding hydrogens is 328 g/mol. The first-order chi connectivity index (χ1) is 11.6. The van der Waals surface area contributed by atoms with Crippen molar-refractivity contribution in [1.29, 1.82) is 0 Å². The van der Waals surface area contributed by atoms with Crippen LogP contribution in [0.1, 0.15) is 11.1 Å². The molecule has 0 heterocycles. The van der Waals surface area contributed by atoms with Crippen LogP contribution in [0.4, 0.5) is 0 Å². The van der Waals surface area contributed by atoms with Crippen LogP contribution in [-0.2, 0) is 22.7 Å². The number of methoxy groups -OCH3 is 1. The molecule has 25 heavy (non-hydrogen) atoms. The van der Waals surface area contributed by atoms with Crippen molar-refractivity contribution in [2.24, 2.45) is 0 Å². The number of phenolic OH excluding ortho intramolecular Hbond substituents is 1. The molecule has 3 N–H and O–H groups in total. The lowest BCUT2D eigenvalue weighted by Crippen LogP contribution is -2.14. The van der Waals surface area contributed by atoms with Crippen LogP contribution in [0.2, 0.25) is 0 Å².